The van der Waals surface area contributed by atoms with Gasteiger partial charge in [0.25, 0.3) is 5.91 Å². The van der Waals surface area contributed by atoms with Gasteiger partial charge in [-0.15, -0.1) is 0 Å². The Morgan fingerprint density at radius 1 is 1.22 bits per heavy atom. The highest BCUT2D eigenvalue weighted by Gasteiger charge is 2.23. The van der Waals surface area contributed by atoms with Crippen molar-refractivity contribution in [2.45, 2.75) is 13.5 Å². The van der Waals surface area contributed by atoms with Crippen LogP contribution in [0.1, 0.15) is 21.6 Å². The van der Waals surface area contributed by atoms with Crippen molar-refractivity contribution in [2.75, 3.05) is 26.2 Å². The van der Waals surface area contributed by atoms with Crippen LogP contribution in [-0.4, -0.2) is 51.7 Å². The van der Waals surface area contributed by atoms with E-state index >= 15 is 0 Å². The quantitative estimate of drug-likeness (QED) is 0.711. The van der Waals surface area contributed by atoms with E-state index in [0.29, 0.717) is 0 Å². The number of amides is 1. The predicted octanol–water partition coefficient (Wildman–Crippen LogP) is 2.29. The summed E-state index contributed by atoms with van der Waals surface area (Å²) in [6, 6.07) is 7.79. The zero-order valence-corrected chi connectivity index (χ0v) is 15.7. The molecule has 1 amide bonds. The number of halogens is 1. The molecule has 6 heteroatoms. The molecule has 0 spiro atoms. The Morgan fingerprint density at radius 3 is 2.52 bits per heavy atom. The van der Waals surface area contributed by atoms with E-state index in [2.05, 4.69) is 38.8 Å². The van der Waals surface area contributed by atoms with Crippen molar-refractivity contribution in [3.63, 3.8) is 0 Å². The lowest BCUT2D eigenvalue weighted by atomic mass is 10.1. The fourth-order valence-corrected chi connectivity index (χ4v) is 3.58. The van der Waals surface area contributed by atoms with Crippen LogP contribution in [0.5, 0.6) is 0 Å². The van der Waals surface area contributed by atoms with Crippen LogP contribution in [0.3, 0.4) is 0 Å². The predicted molar refractivity (Wildman–Crippen MR) is 98.3 cm³/mol. The van der Waals surface area contributed by atoms with E-state index in [1.165, 1.54) is 5.56 Å². The maximum atomic E-state index is 12.6. The fourth-order valence-electron chi connectivity index (χ4n) is 2.96. The van der Waals surface area contributed by atoms with Gasteiger partial charge in [-0.25, -0.2) is 0 Å². The molecule has 0 unspecified atom stereocenters. The minimum Gasteiger partial charge on any atom is -0.336 e. The zero-order chi connectivity index (χ0) is 16.4. The third-order valence-corrected chi connectivity index (χ3v) is 5.21. The molecule has 0 atom stereocenters. The first-order chi connectivity index (χ1) is 11.0. The zero-order valence-electron chi connectivity index (χ0n) is 13.5. The lowest BCUT2D eigenvalue weighted by Gasteiger charge is -2.34. The van der Waals surface area contributed by atoms with Gasteiger partial charge >= 0.3 is 0 Å². The van der Waals surface area contributed by atoms with Gasteiger partial charge in [0.05, 0.1) is 11.3 Å². The maximum absolute atomic E-state index is 12.6. The summed E-state index contributed by atoms with van der Waals surface area (Å²) < 4.78 is 2.88. The van der Waals surface area contributed by atoms with E-state index in [0.717, 1.165) is 47.6 Å². The smallest absolute Gasteiger partial charge is 0.255 e. The Hall–Kier alpha value is -1.41. The van der Waals surface area contributed by atoms with Crippen molar-refractivity contribution >= 4 is 28.5 Å². The molecule has 1 aromatic carbocycles. The molecule has 0 bridgehead atoms. The summed E-state index contributed by atoms with van der Waals surface area (Å²) in [5.74, 6) is 0.146. The number of carbonyl (C=O) groups is 1. The molecule has 122 valence electrons. The van der Waals surface area contributed by atoms with Gasteiger partial charge in [0, 0.05) is 55.1 Å². The van der Waals surface area contributed by atoms with Gasteiger partial charge in [0.2, 0.25) is 0 Å². The first kappa shape index (κ1) is 16.4. The maximum Gasteiger partial charge on any atom is 0.255 e. The molecule has 2 heterocycles. The Morgan fingerprint density at radius 2 is 1.91 bits per heavy atom. The van der Waals surface area contributed by atoms with Crippen molar-refractivity contribution < 1.29 is 4.79 Å². The second kappa shape index (κ2) is 7.00. The standard InChI is InChI=1S/C17H21IN4O/c1-13-14(11-20(2)19-13)12-21-7-9-22(10-8-21)17(23)15-5-3-4-6-16(15)18/h3-6,11H,7-10,12H2,1-2H3. The van der Waals surface area contributed by atoms with E-state index in [4.69, 9.17) is 0 Å². The third kappa shape index (κ3) is 3.74. The summed E-state index contributed by atoms with van der Waals surface area (Å²) in [6.45, 7) is 6.33. The molecule has 0 N–H and O–H groups in total. The van der Waals surface area contributed by atoms with Crippen LogP contribution >= 0.6 is 22.6 Å². The molecule has 0 saturated carbocycles. The number of rotatable bonds is 3. The molecular formula is C17H21IN4O. The summed E-state index contributed by atoms with van der Waals surface area (Å²) in [4.78, 5) is 17.0. The van der Waals surface area contributed by atoms with E-state index in [9.17, 15) is 4.79 Å². The average molecular weight is 424 g/mol. The Bertz CT molecular complexity index is 704. The summed E-state index contributed by atoms with van der Waals surface area (Å²) >= 11 is 2.23. The molecule has 1 fully saturated rings. The number of aromatic nitrogens is 2. The number of hydrogen-bond acceptors (Lipinski definition) is 3. The molecular weight excluding hydrogens is 403 g/mol. The highest BCUT2D eigenvalue weighted by Crippen LogP contribution is 2.16. The molecule has 1 aromatic heterocycles. The largest absolute Gasteiger partial charge is 0.336 e. The SMILES string of the molecule is Cc1nn(C)cc1CN1CCN(C(=O)c2ccccc2I)CC1. The monoisotopic (exact) mass is 424 g/mol. The lowest BCUT2D eigenvalue weighted by molar-refractivity contribution is 0.0627. The minimum absolute atomic E-state index is 0.146. The lowest BCUT2D eigenvalue weighted by Crippen LogP contribution is -2.48. The number of benzene rings is 1. The van der Waals surface area contributed by atoms with Gasteiger partial charge in [0.15, 0.2) is 0 Å². The Balaban J connectivity index is 1.59. The van der Waals surface area contributed by atoms with Crippen molar-refractivity contribution in [1.29, 1.82) is 0 Å². The van der Waals surface area contributed by atoms with Crippen LogP contribution in [0.4, 0.5) is 0 Å². The van der Waals surface area contributed by atoms with Crippen molar-refractivity contribution in [2.24, 2.45) is 7.05 Å². The molecule has 0 aliphatic carbocycles. The van der Waals surface area contributed by atoms with E-state index in [1.807, 2.05) is 47.8 Å². The van der Waals surface area contributed by atoms with Crippen LogP contribution in [-0.2, 0) is 13.6 Å². The van der Waals surface area contributed by atoms with E-state index < -0.39 is 0 Å². The number of aryl methyl sites for hydroxylation is 2. The van der Waals surface area contributed by atoms with Gasteiger partial charge < -0.3 is 4.90 Å². The minimum atomic E-state index is 0.146. The fraction of sp³-hybridized carbons (Fsp3) is 0.412. The van der Waals surface area contributed by atoms with Crippen molar-refractivity contribution in [1.82, 2.24) is 19.6 Å². The molecule has 3 rings (SSSR count). The molecule has 1 aliphatic rings. The summed E-state index contributed by atoms with van der Waals surface area (Å²) in [5, 5.41) is 4.39. The highest BCUT2D eigenvalue weighted by molar-refractivity contribution is 14.1. The Labute approximate surface area is 150 Å². The summed E-state index contributed by atoms with van der Waals surface area (Å²) in [7, 11) is 1.95. The number of nitrogens with zero attached hydrogens (tertiary/aromatic N) is 4. The van der Waals surface area contributed by atoms with Crippen molar-refractivity contribution in [3.05, 3.63) is 50.9 Å². The van der Waals surface area contributed by atoms with Crippen LogP contribution in [0.15, 0.2) is 30.5 Å². The molecule has 0 radical (unpaired) electrons. The van der Waals surface area contributed by atoms with Gasteiger partial charge in [0.1, 0.15) is 0 Å². The van der Waals surface area contributed by atoms with E-state index in [1.54, 1.807) is 0 Å². The molecule has 1 saturated heterocycles. The van der Waals surface area contributed by atoms with Gasteiger partial charge in [-0.05, 0) is 41.6 Å². The summed E-state index contributed by atoms with van der Waals surface area (Å²) in [5.41, 5.74) is 3.17. The van der Waals surface area contributed by atoms with Crippen LogP contribution in [0.2, 0.25) is 0 Å². The van der Waals surface area contributed by atoms with Gasteiger partial charge in [-0.2, -0.15) is 5.10 Å². The number of hydrogen-bond donors (Lipinski definition) is 0. The molecule has 5 nitrogen and oxygen atoms in total. The second-order valence-electron chi connectivity index (χ2n) is 5.96. The topological polar surface area (TPSA) is 41.4 Å². The molecule has 23 heavy (non-hydrogen) atoms. The third-order valence-electron chi connectivity index (χ3n) is 4.27. The number of piperazine rings is 1. The second-order valence-corrected chi connectivity index (χ2v) is 7.12. The normalized spacial score (nSPS) is 15.9. The first-order valence-electron chi connectivity index (χ1n) is 7.80. The van der Waals surface area contributed by atoms with Crippen LogP contribution in [0.25, 0.3) is 0 Å². The highest BCUT2D eigenvalue weighted by atomic mass is 127. The van der Waals surface area contributed by atoms with Crippen LogP contribution < -0.4 is 0 Å². The van der Waals surface area contributed by atoms with Crippen molar-refractivity contribution in [3.8, 4) is 0 Å². The van der Waals surface area contributed by atoms with Gasteiger partial charge in [-0.1, -0.05) is 12.1 Å². The van der Waals surface area contributed by atoms with E-state index in [-0.39, 0.29) is 5.91 Å². The Kier molecular flexibility index (Phi) is 5.01. The summed E-state index contributed by atoms with van der Waals surface area (Å²) in [6.07, 6.45) is 2.08. The average Bonchev–Trinajstić information content (AvgIpc) is 2.85. The molecule has 1 aliphatic heterocycles. The molecule has 2 aromatic rings. The van der Waals surface area contributed by atoms with Gasteiger partial charge in [-0.3, -0.25) is 14.4 Å². The number of carbonyl (C=O) groups excluding carboxylic acids is 1. The van der Waals surface area contributed by atoms with Crippen LogP contribution in [0, 0.1) is 10.5 Å². The first-order valence-corrected chi connectivity index (χ1v) is 8.88.